The molecule has 0 aromatic heterocycles. The van der Waals surface area contributed by atoms with Crippen molar-refractivity contribution in [2.75, 3.05) is 11.9 Å². The van der Waals surface area contributed by atoms with E-state index >= 15 is 0 Å². The highest BCUT2D eigenvalue weighted by Gasteiger charge is 2.16. The van der Waals surface area contributed by atoms with Gasteiger partial charge in [0.1, 0.15) is 0 Å². The van der Waals surface area contributed by atoms with Crippen LogP contribution >= 0.6 is 11.6 Å². The minimum Gasteiger partial charge on any atom is -0.355 e. The van der Waals surface area contributed by atoms with Crippen molar-refractivity contribution < 1.29 is 9.59 Å². The van der Waals surface area contributed by atoms with E-state index in [4.69, 9.17) is 11.6 Å². The van der Waals surface area contributed by atoms with Crippen LogP contribution in [0.4, 0.5) is 5.69 Å². The van der Waals surface area contributed by atoms with Crippen LogP contribution in [0, 0.1) is 0 Å². The lowest BCUT2D eigenvalue weighted by molar-refractivity contribution is -0.123. The van der Waals surface area contributed by atoms with Gasteiger partial charge in [-0.3, -0.25) is 9.59 Å². The third kappa shape index (κ3) is 6.60. The van der Waals surface area contributed by atoms with Crippen molar-refractivity contribution in [1.29, 1.82) is 0 Å². The third-order valence-corrected chi connectivity index (χ3v) is 3.15. The molecule has 0 heterocycles. The number of halogens is 1. The van der Waals surface area contributed by atoms with Crippen LogP contribution in [-0.2, 0) is 9.59 Å². The molecule has 0 aliphatic carbocycles. The molecule has 2 atom stereocenters. The van der Waals surface area contributed by atoms with Crippen molar-refractivity contribution in [2.24, 2.45) is 0 Å². The van der Waals surface area contributed by atoms with E-state index in [2.05, 4.69) is 16.0 Å². The molecule has 1 aromatic rings. The molecule has 1 aromatic carbocycles. The summed E-state index contributed by atoms with van der Waals surface area (Å²) in [5.41, 5.74) is 0.702. The highest BCUT2D eigenvalue weighted by atomic mass is 35.5. The largest absolute Gasteiger partial charge is 0.355 e. The van der Waals surface area contributed by atoms with Gasteiger partial charge in [-0.1, -0.05) is 11.6 Å². The van der Waals surface area contributed by atoms with Crippen LogP contribution in [-0.4, -0.2) is 30.4 Å². The Balaban J connectivity index is 2.40. The van der Waals surface area contributed by atoms with E-state index in [1.165, 1.54) is 0 Å². The molecule has 0 bridgehead atoms. The molecule has 116 valence electrons. The molecule has 0 saturated heterocycles. The maximum atomic E-state index is 11.9. The highest BCUT2D eigenvalue weighted by Crippen LogP contribution is 2.13. The van der Waals surface area contributed by atoms with E-state index in [0.29, 0.717) is 17.3 Å². The molecule has 0 aliphatic rings. The number of nitrogens with one attached hydrogen (secondary N) is 3. The van der Waals surface area contributed by atoms with Gasteiger partial charge in [-0.05, 0) is 45.0 Å². The van der Waals surface area contributed by atoms with Gasteiger partial charge in [-0.15, -0.1) is 0 Å². The van der Waals surface area contributed by atoms with Gasteiger partial charge in [-0.2, -0.15) is 0 Å². The summed E-state index contributed by atoms with van der Waals surface area (Å²) in [6, 6.07) is 6.50. The van der Waals surface area contributed by atoms with Crippen molar-refractivity contribution in [2.45, 2.75) is 39.3 Å². The summed E-state index contributed by atoms with van der Waals surface area (Å²) >= 11 is 5.78. The van der Waals surface area contributed by atoms with Crippen LogP contribution in [0.15, 0.2) is 24.3 Å². The Morgan fingerprint density at radius 2 is 1.81 bits per heavy atom. The number of carbonyl (C=O) groups excluding carboxylic acids is 2. The second-order valence-corrected chi connectivity index (χ2v) is 5.38. The number of anilines is 1. The number of carbonyl (C=O) groups is 2. The molecular weight excluding hydrogens is 290 g/mol. The summed E-state index contributed by atoms with van der Waals surface area (Å²) in [6.45, 7) is 6.11. The fraction of sp³-hybridized carbons (Fsp3) is 0.467. The number of hydrogen-bond donors (Lipinski definition) is 3. The van der Waals surface area contributed by atoms with E-state index in [1.54, 1.807) is 31.2 Å². The van der Waals surface area contributed by atoms with E-state index in [9.17, 15) is 9.59 Å². The monoisotopic (exact) mass is 311 g/mol. The van der Waals surface area contributed by atoms with Crippen LogP contribution < -0.4 is 16.0 Å². The van der Waals surface area contributed by atoms with Crippen molar-refractivity contribution in [3.63, 3.8) is 0 Å². The number of benzene rings is 1. The molecule has 2 unspecified atom stereocenters. The topological polar surface area (TPSA) is 70.2 Å². The SMILES string of the molecule is CCNC(=O)C(C)NC(C)CC(=O)Nc1ccc(Cl)cc1. The Morgan fingerprint density at radius 3 is 2.38 bits per heavy atom. The molecule has 0 radical (unpaired) electrons. The second-order valence-electron chi connectivity index (χ2n) is 4.94. The van der Waals surface area contributed by atoms with Gasteiger partial charge >= 0.3 is 0 Å². The van der Waals surface area contributed by atoms with Crippen LogP contribution in [0.1, 0.15) is 27.2 Å². The zero-order chi connectivity index (χ0) is 15.8. The number of hydrogen-bond acceptors (Lipinski definition) is 3. The number of rotatable bonds is 7. The predicted molar refractivity (Wildman–Crippen MR) is 85.4 cm³/mol. The first-order valence-electron chi connectivity index (χ1n) is 7.01. The lowest BCUT2D eigenvalue weighted by Gasteiger charge is -2.19. The molecule has 1 rings (SSSR count). The Labute approximate surface area is 130 Å². The molecule has 0 spiro atoms. The molecule has 2 amide bonds. The summed E-state index contributed by atoms with van der Waals surface area (Å²) in [7, 11) is 0. The van der Waals surface area contributed by atoms with E-state index in [1.807, 2.05) is 13.8 Å². The standard InChI is InChI=1S/C15H22ClN3O2/c1-4-17-15(21)11(3)18-10(2)9-14(20)19-13-7-5-12(16)6-8-13/h5-8,10-11,18H,4,9H2,1-3H3,(H,17,21)(H,19,20). The first kappa shape index (κ1) is 17.5. The Kier molecular flexibility index (Phi) is 7.19. The van der Waals surface area contributed by atoms with Crippen LogP contribution in [0.25, 0.3) is 0 Å². The summed E-state index contributed by atoms with van der Waals surface area (Å²) in [5.74, 6) is -0.178. The number of amides is 2. The summed E-state index contributed by atoms with van der Waals surface area (Å²) in [6.07, 6.45) is 0.284. The van der Waals surface area contributed by atoms with Crippen molar-refractivity contribution >= 4 is 29.1 Å². The zero-order valence-electron chi connectivity index (χ0n) is 12.6. The van der Waals surface area contributed by atoms with Crippen LogP contribution in [0.5, 0.6) is 0 Å². The summed E-state index contributed by atoms with van der Waals surface area (Å²) in [4.78, 5) is 23.5. The molecule has 0 fully saturated rings. The fourth-order valence-corrected chi connectivity index (χ4v) is 2.04. The smallest absolute Gasteiger partial charge is 0.236 e. The first-order valence-corrected chi connectivity index (χ1v) is 7.39. The molecule has 5 nitrogen and oxygen atoms in total. The van der Waals surface area contributed by atoms with Gasteiger partial charge in [0.15, 0.2) is 0 Å². The van der Waals surface area contributed by atoms with Crippen LogP contribution in [0.2, 0.25) is 5.02 Å². The molecule has 21 heavy (non-hydrogen) atoms. The van der Waals surface area contributed by atoms with Gasteiger partial charge in [0.05, 0.1) is 6.04 Å². The van der Waals surface area contributed by atoms with Crippen molar-refractivity contribution in [3.05, 3.63) is 29.3 Å². The quantitative estimate of drug-likeness (QED) is 0.723. The Hall–Kier alpha value is -1.59. The van der Waals surface area contributed by atoms with Gasteiger partial charge in [0, 0.05) is 29.7 Å². The maximum absolute atomic E-state index is 11.9. The maximum Gasteiger partial charge on any atom is 0.236 e. The molecule has 3 N–H and O–H groups in total. The summed E-state index contributed by atoms with van der Waals surface area (Å²) in [5, 5.41) is 9.24. The molecule has 6 heteroatoms. The first-order chi connectivity index (χ1) is 9.92. The average Bonchev–Trinajstić information content (AvgIpc) is 2.41. The lowest BCUT2D eigenvalue weighted by atomic mass is 10.2. The zero-order valence-corrected chi connectivity index (χ0v) is 13.3. The van der Waals surface area contributed by atoms with Gasteiger partial charge in [-0.25, -0.2) is 0 Å². The molecule has 0 aliphatic heterocycles. The van der Waals surface area contributed by atoms with E-state index < -0.39 is 0 Å². The van der Waals surface area contributed by atoms with E-state index in [0.717, 1.165) is 0 Å². The summed E-state index contributed by atoms with van der Waals surface area (Å²) < 4.78 is 0. The lowest BCUT2D eigenvalue weighted by Crippen LogP contribution is -2.46. The van der Waals surface area contributed by atoms with Gasteiger partial charge in [0.2, 0.25) is 11.8 Å². The second kappa shape index (κ2) is 8.64. The van der Waals surface area contributed by atoms with E-state index in [-0.39, 0.29) is 30.3 Å². The Morgan fingerprint density at radius 1 is 1.19 bits per heavy atom. The Bertz CT molecular complexity index is 476. The van der Waals surface area contributed by atoms with Crippen molar-refractivity contribution in [1.82, 2.24) is 10.6 Å². The third-order valence-electron chi connectivity index (χ3n) is 2.90. The van der Waals surface area contributed by atoms with Crippen LogP contribution in [0.3, 0.4) is 0 Å². The molecule has 0 saturated carbocycles. The van der Waals surface area contributed by atoms with Gasteiger partial charge in [0.25, 0.3) is 0 Å². The van der Waals surface area contributed by atoms with Gasteiger partial charge < -0.3 is 16.0 Å². The molecular formula is C15H22ClN3O2. The fourth-order valence-electron chi connectivity index (χ4n) is 1.91. The number of likely N-dealkylation sites (N-methyl/N-ethyl adjacent to an activating group) is 1. The average molecular weight is 312 g/mol. The van der Waals surface area contributed by atoms with Crippen molar-refractivity contribution in [3.8, 4) is 0 Å². The predicted octanol–water partition coefficient (Wildman–Crippen LogP) is 2.17. The normalized spacial score (nSPS) is 13.3. The minimum absolute atomic E-state index is 0.0672. The minimum atomic E-state index is -0.330. The highest BCUT2D eigenvalue weighted by molar-refractivity contribution is 6.30.